The summed E-state index contributed by atoms with van der Waals surface area (Å²) in [6, 6.07) is 10.1. The van der Waals surface area contributed by atoms with Gasteiger partial charge < -0.3 is 9.64 Å². The summed E-state index contributed by atoms with van der Waals surface area (Å²) in [7, 11) is 1.55. The number of nitrogens with zero attached hydrogens (tertiary/aromatic N) is 2. The van der Waals surface area contributed by atoms with Crippen LogP contribution in [0.4, 0.5) is 11.4 Å². The summed E-state index contributed by atoms with van der Waals surface area (Å²) < 4.78 is 5.20. The zero-order valence-electron chi connectivity index (χ0n) is 14.6. The highest BCUT2D eigenvalue weighted by Gasteiger charge is 2.31. The molecule has 7 heteroatoms. The van der Waals surface area contributed by atoms with Crippen molar-refractivity contribution in [2.24, 2.45) is 0 Å². The molecule has 0 aliphatic carbocycles. The van der Waals surface area contributed by atoms with Gasteiger partial charge in [0, 0.05) is 30.3 Å². The number of aryl methyl sites for hydroxylation is 1. The molecule has 0 saturated heterocycles. The summed E-state index contributed by atoms with van der Waals surface area (Å²) in [5, 5.41) is 11.5. The number of rotatable bonds is 5. The maximum absolute atomic E-state index is 12.8. The van der Waals surface area contributed by atoms with Crippen molar-refractivity contribution in [2.75, 3.05) is 12.0 Å². The third kappa shape index (κ3) is 3.37. The summed E-state index contributed by atoms with van der Waals surface area (Å²) in [5.41, 5.74) is 2.49. The number of fused-ring (bicyclic) bond motifs is 1. The monoisotopic (exact) mass is 374 g/mol. The highest BCUT2D eigenvalue weighted by molar-refractivity contribution is 6.32. The normalized spacial score (nSPS) is 15.7. The maximum atomic E-state index is 12.8. The van der Waals surface area contributed by atoms with Gasteiger partial charge in [0.1, 0.15) is 5.75 Å². The molecule has 0 saturated carbocycles. The van der Waals surface area contributed by atoms with E-state index in [1.807, 2.05) is 19.1 Å². The molecule has 0 aromatic heterocycles. The third-order valence-corrected chi connectivity index (χ3v) is 5.06. The predicted octanol–water partition coefficient (Wildman–Crippen LogP) is 4.17. The Bertz CT molecular complexity index is 869. The lowest BCUT2D eigenvalue weighted by Gasteiger charge is -2.23. The topological polar surface area (TPSA) is 72.7 Å². The Hall–Kier alpha value is -2.60. The van der Waals surface area contributed by atoms with Gasteiger partial charge in [0.05, 0.1) is 17.1 Å². The van der Waals surface area contributed by atoms with Crippen molar-refractivity contribution < 1.29 is 14.5 Å². The summed E-state index contributed by atoms with van der Waals surface area (Å²) in [5.74, 6) is 0.563. The van der Waals surface area contributed by atoms with Crippen LogP contribution in [0.3, 0.4) is 0 Å². The minimum absolute atomic E-state index is 0.0241. The van der Waals surface area contributed by atoms with E-state index in [0.29, 0.717) is 30.0 Å². The molecule has 0 unspecified atom stereocenters. The molecule has 0 spiro atoms. The Morgan fingerprint density at radius 3 is 2.85 bits per heavy atom. The standard InChI is InChI=1S/C19H19ClN2O4/c1-12-10-14-11-15(22(24)25)7-8-16(14)21(12)18(23)9-6-13-4-3-5-17(26-2)19(13)20/h3-5,7-8,11-12H,6,9-10H2,1-2H3/t12-/m1/s1. The number of nitro benzene ring substituents is 1. The van der Waals surface area contributed by atoms with Gasteiger partial charge in [-0.25, -0.2) is 0 Å². The van der Waals surface area contributed by atoms with Crippen molar-refractivity contribution in [2.45, 2.75) is 32.2 Å². The number of methoxy groups -OCH3 is 1. The van der Waals surface area contributed by atoms with Crippen molar-refractivity contribution in [1.29, 1.82) is 0 Å². The fourth-order valence-electron chi connectivity index (χ4n) is 3.38. The van der Waals surface area contributed by atoms with Crippen LogP contribution in [0.25, 0.3) is 0 Å². The second-order valence-electron chi connectivity index (χ2n) is 6.32. The van der Waals surface area contributed by atoms with E-state index in [-0.39, 0.29) is 17.6 Å². The van der Waals surface area contributed by atoms with Crippen LogP contribution >= 0.6 is 11.6 Å². The number of amides is 1. The van der Waals surface area contributed by atoms with E-state index in [1.54, 1.807) is 30.2 Å². The molecule has 6 nitrogen and oxygen atoms in total. The molecule has 1 atom stereocenters. The van der Waals surface area contributed by atoms with Crippen molar-refractivity contribution in [3.63, 3.8) is 0 Å². The number of halogens is 1. The summed E-state index contributed by atoms with van der Waals surface area (Å²) in [6.45, 7) is 1.95. The first kappa shape index (κ1) is 18.2. The number of anilines is 1. The number of non-ortho nitro benzene ring substituents is 1. The molecule has 0 N–H and O–H groups in total. The minimum atomic E-state index is -0.416. The molecule has 0 radical (unpaired) electrons. The van der Waals surface area contributed by atoms with Crippen LogP contribution in [0.15, 0.2) is 36.4 Å². The van der Waals surface area contributed by atoms with Gasteiger partial charge in [-0.05, 0) is 43.0 Å². The van der Waals surface area contributed by atoms with Gasteiger partial charge in [0.15, 0.2) is 0 Å². The van der Waals surface area contributed by atoms with Crippen LogP contribution < -0.4 is 9.64 Å². The second kappa shape index (κ2) is 7.33. The number of nitro groups is 1. The van der Waals surface area contributed by atoms with Gasteiger partial charge in [-0.1, -0.05) is 23.7 Å². The average molecular weight is 375 g/mol. The Morgan fingerprint density at radius 1 is 1.38 bits per heavy atom. The number of benzene rings is 2. The Kier molecular flexibility index (Phi) is 5.13. The predicted molar refractivity (Wildman–Crippen MR) is 100 cm³/mol. The fourth-order valence-corrected chi connectivity index (χ4v) is 3.68. The zero-order chi connectivity index (χ0) is 18.8. The minimum Gasteiger partial charge on any atom is -0.495 e. The molecule has 26 heavy (non-hydrogen) atoms. The van der Waals surface area contributed by atoms with Gasteiger partial charge in [-0.3, -0.25) is 14.9 Å². The lowest BCUT2D eigenvalue weighted by molar-refractivity contribution is -0.384. The number of hydrogen-bond donors (Lipinski definition) is 0. The first-order chi connectivity index (χ1) is 12.4. The molecule has 3 rings (SSSR count). The number of carbonyl (C=O) groups is 1. The van der Waals surface area contributed by atoms with Crippen molar-refractivity contribution >= 4 is 28.9 Å². The molecular formula is C19H19ClN2O4. The average Bonchev–Trinajstić information content (AvgIpc) is 2.95. The second-order valence-corrected chi connectivity index (χ2v) is 6.70. The Morgan fingerprint density at radius 2 is 2.15 bits per heavy atom. The van der Waals surface area contributed by atoms with Crippen LogP contribution in [0.5, 0.6) is 5.75 Å². The molecule has 0 fully saturated rings. The van der Waals surface area contributed by atoms with Crippen LogP contribution in [-0.4, -0.2) is 24.0 Å². The lowest BCUT2D eigenvalue weighted by Crippen LogP contribution is -2.35. The SMILES string of the molecule is COc1cccc(CCC(=O)N2c3ccc([N+](=O)[O-])cc3C[C@H]2C)c1Cl. The Labute approximate surface area is 156 Å². The Balaban J connectivity index is 1.76. The van der Waals surface area contributed by atoms with E-state index in [9.17, 15) is 14.9 Å². The molecule has 1 aliphatic heterocycles. The number of hydrogen-bond acceptors (Lipinski definition) is 4. The molecular weight excluding hydrogens is 356 g/mol. The van der Waals surface area contributed by atoms with Crippen LogP contribution in [-0.2, 0) is 17.6 Å². The van der Waals surface area contributed by atoms with Crippen LogP contribution in [0.2, 0.25) is 5.02 Å². The maximum Gasteiger partial charge on any atom is 0.269 e. The van der Waals surface area contributed by atoms with Crippen molar-refractivity contribution in [1.82, 2.24) is 0 Å². The molecule has 136 valence electrons. The summed E-state index contributed by atoms with van der Waals surface area (Å²) in [6.07, 6.45) is 1.41. The molecule has 1 heterocycles. The molecule has 0 bridgehead atoms. The molecule has 1 amide bonds. The van der Waals surface area contributed by atoms with Crippen molar-refractivity contribution in [3.05, 3.63) is 62.7 Å². The lowest BCUT2D eigenvalue weighted by atomic mass is 10.1. The van der Waals surface area contributed by atoms with Crippen molar-refractivity contribution in [3.8, 4) is 5.75 Å². The first-order valence-electron chi connectivity index (χ1n) is 8.33. The van der Waals surface area contributed by atoms with Gasteiger partial charge in [-0.15, -0.1) is 0 Å². The smallest absolute Gasteiger partial charge is 0.269 e. The van der Waals surface area contributed by atoms with E-state index >= 15 is 0 Å². The summed E-state index contributed by atoms with van der Waals surface area (Å²) in [4.78, 5) is 25.1. The quantitative estimate of drug-likeness (QED) is 0.581. The van der Waals surface area contributed by atoms with Gasteiger partial charge in [0.25, 0.3) is 5.69 Å². The van der Waals surface area contributed by atoms with Gasteiger partial charge >= 0.3 is 0 Å². The van der Waals surface area contributed by atoms with Crippen LogP contribution in [0.1, 0.15) is 24.5 Å². The zero-order valence-corrected chi connectivity index (χ0v) is 15.3. The van der Waals surface area contributed by atoms with E-state index in [4.69, 9.17) is 16.3 Å². The highest BCUT2D eigenvalue weighted by Crippen LogP contribution is 2.35. The highest BCUT2D eigenvalue weighted by atomic mass is 35.5. The van der Waals surface area contributed by atoms with E-state index in [1.165, 1.54) is 6.07 Å². The molecule has 2 aromatic rings. The number of ether oxygens (including phenoxy) is 1. The van der Waals surface area contributed by atoms with Gasteiger partial charge in [0.2, 0.25) is 5.91 Å². The van der Waals surface area contributed by atoms with E-state index in [2.05, 4.69) is 0 Å². The first-order valence-corrected chi connectivity index (χ1v) is 8.71. The molecule has 1 aliphatic rings. The van der Waals surface area contributed by atoms with Crippen LogP contribution in [0, 0.1) is 10.1 Å². The van der Waals surface area contributed by atoms with E-state index in [0.717, 1.165) is 16.8 Å². The number of carbonyl (C=O) groups excluding carboxylic acids is 1. The fraction of sp³-hybridized carbons (Fsp3) is 0.316. The molecule has 2 aromatic carbocycles. The van der Waals surface area contributed by atoms with E-state index < -0.39 is 4.92 Å². The van der Waals surface area contributed by atoms with Gasteiger partial charge in [-0.2, -0.15) is 0 Å². The third-order valence-electron chi connectivity index (χ3n) is 4.63. The largest absolute Gasteiger partial charge is 0.495 e. The summed E-state index contributed by atoms with van der Waals surface area (Å²) >= 11 is 6.30.